The van der Waals surface area contributed by atoms with Gasteiger partial charge in [-0.1, -0.05) is 0 Å². The Morgan fingerprint density at radius 3 is 2.26 bits per heavy atom. The lowest BCUT2D eigenvalue weighted by Gasteiger charge is -2.10. The Labute approximate surface area is 102 Å². The molecule has 0 saturated heterocycles. The lowest BCUT2D eigenvalue weighted by atomic mass is 10.2. The molecule has 101 valence electrons. The van der Waals surface area contributed by atoms with Crippen molar-refractivity contribution in [3.63, 3.8) is 0 Å². The van der Waals surface area contributed by atoms with Crippen LogP contribution in [-0.2, 0) is 12.4 Å². The van der Waals surface area contributed by atoms with Gasteiger partial charge in [0.15, 0.2) is 11.5 Å². The second-order valence-corrected chi connectivity index (χ2v) is 3.44. The number of alkyl halides is 6. The minimum absolute atomic E-state index is 0.325. The third-order valence-electron chi connectivity index (χ3n) is 2.11. The fourth-order valence-corrected chi connectivity index (χ4v) is 1.32. The number of hydrogen-bond donors (Lipinski definition) is 0. The third kappa shape index (κ3) is 2.69. The molecule has 0 unspecified atom stereocenters. The van der Waals surface area contributed by atoms with Gasteiger partial charge in [-0.2, -0.15) is 31.4 Å². The molecule has 0 bridgehead atoms. The quantitative estimate of drug-likeness (QED) is 0.751. The van der Waals surface area contributed by atoms with Gasteiger partial charge < -0.3 is 0 Å². The van der Waals surface area contributed by atoms with Crippen LogP contribution in [0.1, 0.15) is 11.3 Å². The molecule has 0 amide bonds. The van der Waals surface area contributed by atoms with Gasteiger partial charge in [0.05, 0.1) is 6.20 Å². The van der Waals surface area contributed by atoms with Crippen LogP contribution >= 0.6 is 0 Å². The standard InChI is InChI=1S/C10H4F6N3/c11-9(12,13)6-2-1-4-17-8(6)19-5-3-7(18-19)10(14,15)16/h1-4H. The van der Waals surface area contributed by atoms with Crippen molar-refractivity contribution in [2.45, 2.75) is 12.4 Å². The van der Waals surface area contributed by atoms with E-state index in [4.69, 9.17) is 0 Å². The zero-order valence-electron chi connectivity index (χ0n) is 8.92. The van der Waals surface area contributed by atoms with E-state index in [1.807, 2.05) is 6.20 Å². The molecule has 0 fully saturated rings. The van der Waals surface area contributed by atoms with E-state index >= 15 is 0 Å². The average Bonchev–Trinajstić information content (AvgIpc) is 2.76. The smallest absolute Gasteiger partial charge is 0.237 e. The maximum Gasteiger partial charge on any atom is 0.435 e. The summed E-state index contributed by atoms with van der Waals surface area (Å²) in [6.45, 7) is 0. The van der Waals surface area contributed by atoms with E-state index in [-0.39, 0.29) is 0 Å². The first kappa shape index (κ1) is 13.4. The Morgan fingerprint density at radius 1 is 1.05 bits per heavy atom. The van der Waals surface area contributed by atoms with E-state index in [0.717, 1.165) is 12.3 Å². The predicted molar refractivity (Wildman–Crippen MR) is 50.2 cm³/mol. The number of hydrogen-bond acceptors (Lipinski definition) is 2. The molecule has 0 aliphatic rings. The van der Waals surface area contributed by atoms with Crippen LogP contribution in [0.3, 0.4) is 0 Å². The average molecular weight is 280 g/mol. The first-order valence-electron chi connectivity index (χ1n) is 4.77. The first-order chi connectivity index (χ1) is 8.69. The summed E-state index contributed by atoms with van der Waals surface area (Å²) in [5.74, 6) is -0.759. The Balaban J connectivity index is 2.52. The molecule has 1 radical (unpaired) electrons. The summed E-state index contributed by atoms with van der Waals surface area (Å²) in [6.07, 6.45) is -6.52. The van der Waals surface area contributed by atoms with Gasteiger partial charge in [0.2, 0.25) is 0 Å². The number of halogens is 6. The first-order valence-corrected chi connectivity index (χ1v) is 4.77. The van der Waals surface area contributed by atoms with Gasteiger partial charge >= 0.3 is 12.4 Å². The van der Waals surface area contributed by atoms with Gasteiger partial charge in [-0.3, -0.25) is 0 Å². The van der Waals surface area contributed by atoms with E-state index < -0.39 is 29.4 Å². The monoisotopic (exact) mass is 280 g/mol. The summed E-state index contributed by atoms with van der Waals surface area (Å²) in [4.78, 5) is 3.39. The normalized spacial score (nSPS) is 12.7. The lowest BCUT2D eigenvalue weighted by Crippen LogP contribution is -2.14. The van der Waals surface area contributed by atoms with Gasteiger partial charge in [0, 0.05) is 6.20 Å². The maximum absolute atomic E-state index is 12.7. The minimum atomic E-state index is -4.76. The largest absolute Gasteiger partial charge is 0.435 e. The van der Waals surface area contributed by atoms with Crippen LogP contribution in [0.4, 0.5) is 26.3 Å². The molecule has 0 atom stereocenters. The van der Waals surface area contributed by atoms with Crippen LogP contribution in [0.25, 0.3) is 5.82 Å². The Bertz CT molecular complexity index is 583. The maximum atomic E-state index is 12.7. The topological polar surface area (TPSA) is 30.7 Å². The van der Waals surface area contributed by atoms with Crippen LogP contribution < -0.4 is 0 Å². The van der Waals surface area contributed by atoms with Gasteiger partial charge in [-0.25, -0.2) is 9.67 Å². The van der Waals surface area contributed by atoms with E-state index in [1.165, 1.54) is 0 Å². The molecule has 0 spiro atoms. The fraction of sp³-hybridized carbons (Fsp3) is 0.200. The predicted octanol–water partition coefficient (Wildman–Crippen LogP) is 3.11. The van der Waals surface area contributed by atoms with Gasteiger partial charge in [-0.05, 0) is 18.2 Å². The van der Waals surface area contributed by atoms with E-state index in [0.29, 0.717) is 16.8 Å². The summed E-state index contributed by atoms with van der Waals surface area (Å²) in [7, 11) is 0. The molecule has 0 aliphatic heterocycles. The molecule has 2 aromatic rings. The number of aromatic nitrogens is 3. The number of pyridine rings is 1. The van der Waals surface area contributed by atoms with Crippen molar-refractivity contribution in [3.05, 3.63) is 41.9 Å². The van der Waals surface area contributed by atoms with Crippen molar-refractivity contribution in [2.75, 3.05) is 0 Å². The highest BCUT2D eigenvalue weighted by Gasteiger charge is 2.37. The summed E-state index contributed by atoms with van der Waals surface area (Å²) in [5, 5.41) is 3.00. The van der Waals surface area contributed by atoms with Crippen molar-refractivity contribution < 1.29 is 26.3 Å². The summed E-state index contributed by atoms with van der Waals surface area (Å²) in [5.41, 5.74) is -2.53. The van der Waals surface area contributed by atoms with Crippen molar-refractivity contribution in [3.8, 4) is 5.82 Å². The summed E-state index contributed by atoms with van der Waals surface area (Å²) in [6, 6.07) is 2.18. The highest BCUT2D eigenvalue weighted by molar-refractivity contribution is 5.35. The number of nitrogens with zero attached hydrogens (tertiary/aromatic N) is 3. The van der Waals surface area contributed by atoms with E-state index in [2.05, 4.69) is 10.1 Å². The summed E-state index contributed by atoms with van der Waals surface area (Å²) >= 11 is 0. The molecule has 2 rings (SSSR count). The minimum Gasteiger partial charge on any atom is -0.237 e. The molecule has 0 N–H and O–H groups in total. The third-order valence-corrected chi connectivity index (χ3v) is 2.11. The Morgan fingerprint density at radius 2 is 1.74 bits per heavy atom. The molecule has 0 saturated carbocycles. The van der Waals surface area contributed by atoms with E-state index in [1.54, 1.807) is 0 Å². The zero-order chi connectivity index (χ0) is 14.3. The Kier molecular flexibility index (Phi) is 2.99. The van der Waals surface area contributed by atoms with Crippen molar-refractivity contribution in [2.24, 2.45) is 0 Å². The molecule has 2 aromatic heterocycles. The van der Waals surface area contributed by atoms with Crippen LogP contribution in [-0.4, -0.2) is 14.8 Å². The fourth-order valence-electron chi connectivity index (χ4n) is 1.32. The molecule has 3 nitrogen and oxygen atoms in total. The molecule has 9 heteroatoms. The van der Waals surface area contributed by atoms with Gasteiger partial charge in [0.1, 0.15) is 5.56 Å². The van der Waals surface area contributed by atoms with Crippen LogP contribution in [0.5, 0.6) is 0 Å². The molecule has 0 aromatic carbocycles. The molecule has 2 heterocycles. The number of rotatable bonds is 1. The van der Waals surface area contributed by atoms with E-state index in [9.17, 15) is 26.3 Å². The Hall–Kier alpha value is -2.06. The summed E-state index contributed by atoms with van der Waals surface area (Å²) < 4.78 is 75.2. The van der Waals surface area contributed by atoms with Crippen molar-refractivity contribution >= 4 is 0 Å². The second kappa shape index (κ2) is 4.25. The van der Waals surface area contributed by atoms with Crippen LogP contribution in [0.2, 0.25) is 0 Å². The lowest BCUT2D eigenvalue weighted by molar-refractivity contribution is -0.141. The van der Waals surface area contributed by atoms with Crippen molar-refractivity contribution in [1.82, 2.24) is 14.8 Å². The molecular weight excluding hydrogens is 276 g/mol. The highest BCUT2D eigenvalue weighted by Crippen LogP contribution is 2.33. The SMILES string of the molecule is FC(F)(F)c1c[c]n(-c2ncccc2C(F)(F)F)n1. The molecule has 0 aliphatic carbocycles. The molecular formula is C10H4F6N3. The van der Waals surface area contributed by atoms with Crippen LogP contribution in [0, 0.1) is 6.20 Å². The zero-order valence-corrected chi connectivity index (χ0v) is 8.92. The second-order valence-electron chi connectivity index (χ2n) is 3.44. The van der Waals surface area contributed by atoms with Crippen molar-refractivity contribution in [1.29, 1.82) is 0 Å². The van der Waals surface area contributed by atoms with Crippen LogP contribution in [0.15, 0.2) is 24.4 Å². The molecule has 19 heavy (non-hydrogen) atoms. The van der Waals surface area contributed by atoms with Gasteiger partial charge in [-0.15, -0.1) is 0 Å². The van der Waals surface area contributed by atoms with Gasteiger partial charge in [0.25, 0.3) is 0 Å². The highest BCUT2D eigenvalue weighted by atomic mass is 19.4.